The molecule has 1 aromatic rings. The molecule has 1 rings (SSSR count). The first kappa shape index (κ1) is 8.91. The van der Waals surface area contributed by atoms with Crippen LogP contribution in [-0.2, 0) is 4.79 Å². The second kappa shape index (κ2) is 4.00. The molecule has 0 heterocycles. The molecule has 0 aliphatic heterocycles. The monoisotopic (exact) mass is 166 g/mol. The maximum Gasteiger partial charge on any atom is 0.183 e. The van der Waals surface area contributed by atoms with Gasteiger partial charge >= 0.3 is 0 Å². The van der Waals surface area contributed by atoms with Gasteiger partial charge in [-0.25, -0.2) is 4.39 Å². The predicted octanol–water partition coefficient (Wildman–Crippen LogP) is 2.68. The van der Waals surface area contributed by atoms with Crippen molar-refractivity contribution in [3.8, 4) is 0 Å². The molecule has 12 heavy (non-hydrogen) atoms. The van der Waals surface area contributed by atoms with E-state index in [9.17, 15) is 9.18 Å². The van der Waals surface area contributed by atoms with Crippen molar-refractivity contribution in [2.24, 2.45) is 0 Å². The van der Waals surface area contributed by atoms with E-state index < -0.39 is 6.17 Å². The molecule has 0 amide bonds. The molecule has 0 saturated heterocycles. The van der Waals surface area contributed by atoms with Gasteiger partial charge in [0.1, 0.15) is 0 Å². The third-order valence-electron chi connectivity index (χ3n) is 1.72. The highest BCUT2D eigenvalue weighted by Crippen LogP contribution is 2.18. The number of hydrogen-bond acceptors (Lipinski definition) is 1. The second-order valence-corrected chi connectivity index (χ2v) is 2.59. The van der Waals surface area contributed by atoms with E-state index in [4.69, 9.17) is 0 Å². The normalized spacial score (nSPS) is 12.5. The molecule has 64 valence electrons. The van der Waals surface area contributed by atoms with Crippen LogP contribution in [0.1, 0.15) is 25.1 Å². The third-order valence-corrected chi connectivity index (χ3v) is 1.72. The molecule has 2 heteroatoms. The summed E-state index contributed by atoms with van der Waals surface area (Å²) in [4.78, 5) is 10.9. The van der Waals surface area contributed by atoms with Gasteiger partial charge in [0.05, 0.1) is 0 Å². The lowest BCUT2D eigenvalue weighted by molar-refractivity contribution is -0.123. The number of rotatable bonds is 3. The first-order chi connectivity index (χ1) is 5.75. The zero-order valence-electron chi connectivity index (χ0n) is 6.96. The predicted molar refractivity (Wildman–Crippen MR) is 45.6 cm³/mol. The van der Waals surface area contributed by atoms with Crippen LogP contribution >= 0.6 is 0 Å². The lowest BCUT2D eigenvalue weighted by Crippen LogP contribution is -2.05. The number of hydrogen-bond donors (Lipinski definition) is 0. The number of carbonyl (C=O) groups is 1. The van der Waals surface area contributed by atoms with Crippen LogP contribution in [0.25, 0.3) is 0 Å². The van der Waals surface area contributed by atoms with Crippen LogP contribution in [0.15, 0.2) is 30.3 Å². The van der Waals surface area contributed by atoms with Gasteiger partial charge in [0.25, 0.3) is 0 Å². The van der Waals surface area contributed by atoms with Crippen molar-refractivity contribution >= 4 is 5.78 Å². The fraction of sp³-hybridized carbons (Fsp3) is 0.300. The van der Waals surface area contributed by atoms with Crippen LogP contribution in [0.2, 0.25) is 0 Å². The summed E-state index contributed by atoms with van der Waals surface area (Å²) in [7, 11) is 0. The van der Waals surface area contributed by atoms with Gasteiger partial charge in [0.15, 0.2) is 12.0 Å². The summed E-state index contributed by atoms with van der Waals surface area (Å²) < 4.78 is 13.2. The summed E-state index contributed by atoms with van der Waals surface area (Å²) in [5.74, 6) is -0.360. The summed E-state index contributed by atoms with van der Waals surface area (Å²) in [5, 5.41) is 0. The molecule has 0 spiro atoms. The molecule has 1 aromatic carbocycles. The Kier molecular flexibility index (Phi) is 2.97. The Bertz CT molecular complexity index is 256. The molecule has 0 aliphatic carbocycles. The van der Waals surface area contributed by atoms with Gasteiger partial charge in [0, 0.05) is 6.42 Å². The SMILES string of the molecule is CCC(=O)[C@H](F)c1ccccc1. The van der Waals surface area contributed by atoms with Crippen molar-refractivity contribution in [2.45, 2.75) is 19.5 Å². The van der Waals surface area contributed by atoms with Gasteiger partial charge in [-0.2, -0.15) is 0 Å². The lowest BCUT2D eigenvalue weighted by Gasteiger charge is -2.04. The standard InChI is InChI=1S/C10H11FO/c1-2-9(12)10(11)8-6-4-3-5-7-8/h3-7,10H,2H2,1H3/t10-/m1/s1. The van der Waals surface area contributed by atoms with Gasteiger partial charge in [-0.1, -0.05) is 37.3 Å². The smallest absolute Gasteiger partial charge is 0.183 e. The molecule has 0 unspecified atom stereocenters. The summed E-state index contributed by atoms with van der Waals surface area (Å²) >= 11 is 0. The van der Waals surface area contributed by atoms with Crippen molar-refractivity contribution in [3.05, 3.63) is 35.9 Å². The van der Waals surface area contributed by atoms with E-state index in [1.807, 2.05) is 0 Å². The Morgan fingerprint density at radius 3 is 2.50 bits per heavy atom. The molecule has 1 atom stereocenters. The molecule has 0 aromatic heterocycles. The van der Waals surface area contributed by atoms with Crippen LogP contribution in [0.5, 0.6) is 0 Å². The van der Waals surface area contributed by atoms with E-state index in [2.05, 4.69) is 0 Å². The molecule has 0 bridgehead atoms. The number of benzene rings is 1. The summed E-state index contributed by atoms with van der Waals surface area (Å²) in [6.45, 7) is 1.66. The molecule has 0 N–H and O–H groups in total. The highest BCUT2D eigenvalue weighted by Gasteiger charge is 2.16. The largest absolute Gasteiger partial charge is 0.296 e. The van der Waals surface area contributed by atoms with Crippen molar-refractivity contribution in [1.82, 2.24) is 0 Å². The quantitative estimate of drug-likeness (QED) is 0.674. The first-order valence-corrected chi connectivity index (χ1v) is 3.97. The van der Waals surface area contributed by atoms with Gasteiger partial charge in [0.2, 0.25) is 0 Å². The number of Topliss-reactive ketones (excluding diaryl/α,β-unsaturated/α-hetero) is 1. The molecule has 0 saturated carbocycles. The van der Waals surface area contributed by atoms with Gasteiger partial charge < -0.3 is 0 Å². The van der Waals surface area contributed by atoms with E-state index in [1.165, 1.54) is 0 Å². The van der Waals surface area contributed by atoms with Crippen molar-refractivity contribution in [2.75, 3.05) is 0 Å². The fourth-order valence-electron chi connectivity index (χ4n) is 0.987. The van der Waals surface area contributed by atoms with E-state index in [0.29, 0.717) is 5.56 Å². The molecular weight excluding hydrogens is 155 g/mol. The van der Waals surface area contributed by atoms with E-state index in [-0.39, 0.29) is 12.2 Å². The maximum atomic E-state index is 13.2. The van der Waals surface area contributed by atoms with Crippen molar-refractivity contribution in [1.29, 1.82) is 0 Å². The Balaban J connectivity index is 2.78. The molecule has 1 nitrogen and oxygen atoms in total. The minimum atomic E-state index is -1.45. The zero-order chi connectivity index (χ0) is 8.97. The highest BCUT2D eigenvalue weighted by atomic mass is 19.1. The average molecular weight is 166 g/mol. The average Bonchev–Trinajstić information content (AvgIpc) is 2.17. The topological polar surface area (TPSA) is 17.1 Å². The second-order valence-electron chi connectivity index (χ2n) is 2.59. The third kappa shape index (κ3) is 1.91. The molecular formula is C10H11FO. The Morgan fingerprint density at radius 2 is 2.00 bits per heavy atom. The Hall–Kier alpha value is -1.18. The van der Waals surface area contributed by atoms with Crippen molar-refractivity contribution in [3.63, 3.8) is 0 Å². The van der Waals surface area contributed by atoms with E-state index in [1.54, 1.807) is 37.3 Å². The Labute approximate surface area is 71.2 Å². The lowest BCUT2D eigenvalue weighted by atomic mass is 10.1. The number of carbonyl (C=O) groups excluding carboxylic acids is 1. The van der Waals surface area contributed by atoms with Gasteiger partial charge in [-0.05, 0) is 5.56 Å². The van der Waals surface area contributed by atoms with Crippen LogP contribution in [0.4, 0.5) is 4.39 Å². The maximum absolute atomic E-state index is 13.2. The molecule has 0 aliphatic rings. The van der Waals surface area contributed by atoms with Crippen LogP contribution in [-0.4, -0.2) is 5.78 Å². The van der Waals surface area contributed by atoms with Gasteiger partial charge in [-0.3, -0.25) is 4.79 Å². The first-order valence-electron chi connectivity index (χ1n) is 3.97. The number of alkyl halides is 1. The summed E-state index contributed by atoms with van der Waals surface area (Å²) in [5.41, 5.74) is 0.448. The van der Waals surface area contributed by atoms with Crippen molar-refractivity contribution < 1.29 is 9.18 Å². The fourth-order valence-corrected chi connectivity index (χ4v) is 0.987. The van der Waals surface area contributed by atoms with E-state index >= 15 is 0 Å². The van der Waals surface area contributed by atoms with Crippen LogP contribution in [0, 0.1) is 0 Å². The minimum absolute atomic E-state index is 0.246. The number of ketones is 1. The van der Waals surface area contributed by atoms with Gasteiger partial charge in [-0.15, -0.1) is 0 Å². The zero-order valence-corrected chi connectivity index (χ0v) is 6.96. The molecule has 0 radical (unpaired) electrons. The summed E-state index contributed by atoms with van der Waals surface area (Å²) in [6.07, 6.45) is -1.20. The summed E-state index contributed by atoms with van der Waals surface area (Å²) in [6, 6.07) is 8.50. The van der Waals surface area contributed by atoms with Crippen LogP contribution < -0.4 is 0 Å². The van der Waals surface area contributed by atoms with E-state index in [0.717, 1.165) is 0 Å². The number of halogens is 1. The Morgan fingerprint density at radius 1 is 1.42 bits per heavy atom. The molecule has 0 fully saturated rings. The minimum Gasteiger partial charge on any atom is -0.296 e. The van der Waals surface area contributed by atoms with Crippen LogP contribution in [0.3, 0.4) is 0 Å². The highest BCUT2D eigenvalue weighted by molar-refractivity contribution is 5.83.